The highest BCUT2D eigenvalue weighted by Gasteiger charge is 2.35. The first-order valence-corrected chi connectivity index (χ1v) is 15.5. The van der Waals surface area contributed by atoms with Crippen LogP contribution in [0.3, 0.4) is 0 Å². The number of sulfonamides is 1. The number of benzene rings is 2. The normalized spacial score (nSPS) is 13.6. The minimum Gasteiger partial charge on any atom is -0.494 e. The molecule has 0 radical (unpaired) electrons. The summed E-state index contributed by atoms with van der Waals surface area (Å²) in [6.07, 6.45) is -0.809. The molecule has 0 fully saturated rings. The van der Waals surface area contributed by atoms with Crippen LogP contribution in [0.25, 0.3) is 17.3 Å². The van der Waals surface area contributed by atoms with Crippen LogP contribution in [0.2, 0.25) is 5.02 Å². The summed E-state index contributed by atoms with van der Waals surface area (Å²) in [6, 6.07) is 12.1. The van der Waals surface area contributed by atoms with Crippen LogP contribution in [-0.2, 0) is 19.9 Å². The third-order valence-corrected chi connectivity index (χ3v) is 9.20. The van der Waals surface area contributed by atoms with Gasteiger partial charge in [0.2, 0.25) is 21.8 Å². The van der Waals surface area contributed by atoms with Crippen LogP contribution < -0.4 is 14.2 Å². The number of aromatic nitrogens is 3. The SMILES string of the molecule is COc1cccc(OC)c1-n1c(NS(=O)(=O)[C@H](C)[C@@H](O)c2ccc(Cl)cc2S(C)(=O)=O)nnc1-c1ccc(C)o1. The highest BCUT2D eigenvalue weighted by Crippen LogP contribution is 2.38. The Morgan fingerprint density at radius 2 is 1.68 bits per heavy atom. The van der Waals surface area contributed by atoms with Crippen LogP contribution in [0.4, 0.5) is 5.95 Å². The van der Waals surface area contributed by atoms with Gasteiger partial charge in [0.25, 0.3) is 0 Å². The van der Waals surface area contributed by atoms with Crippen LogP contribution in [0.1, 0.15) is 24.4 Å². The summed E-state index contributed by atoms with van der Waals surface area (Å²) in [5.41, 5.74) is 0.161. The maximum atomic E-state index is 13.6. The number of nitrogens with zero attached hydrogens (tertiary/aromatic N) is 3. The number of hydrogen-bond donors (Lipinski definition) is 2. The zero-order valence-electron chi connectivity index (χ0n) is 22.1. The summed E-state index contributed by atoms with van der Waals surface area (Å²) in [6.45, 7) is 2.97. The number of sulfone groups is 1. The van der Waals surface area contributed by atoms with Crippen molar-refractivity contribution in [1.29, 1.82) is 0 Å². The van der Waals surface area contributed by atoms with E-state index in [9.17, 15) is 21.9 Å². The van der Waals surface area contributed by atoms with E-state index in [1.807, 2.05) is 0 Å². The van der Waals surface area contributed by atoms with Crippen LogP contribution in [0, 0.1) is 6.92 Å². The molecule has 214 valence electrons. The lowest BCUT2D eigenvalue weighted by molar-refractivity contribution is 0.173. The third kappa shape index (κ3) is 5.66. The zero-order chi connectivity index (χ0) is 29.4. The van der Waals surface area contributed by atoms with Crippen molar-refractivity contribution in [3.05, 3.63) is 64.9 Å². The molecule has 2 heterocycles. The number of aryl methyl sites for hydroxylation is 1. The molecule has 4 aromatic rings. The van der Waals surface area contributed by atoms with E-state index in [1.165, 1.54) is 37.8 Å². The predicted octanol–water partition coefficient (Wildman–Crippen LogP) is 3.77. The number of anilines is 1. The predicted molar refractivity (Wildman–Crippen MR) is 148 cm³/mol. The van der Waals surface area contributed by atoms with Crippen molar-refractivity contribution in [3.63, 3.8) is 0 Å². The van der Waals surface area contributed by atoms with Crippen molar-refractivity contribution < 1.29 is 35.8 Å². The molecule has 4 rings (SSSR count). The molecule has 0 unspecified atom stereocenters. The Bertz CT molecular complexity index is 1740. The van der Waals surface area contributed by atoms with E-state index >= 15 is 0 Å². The number of aliphatic hydroxyl groups is 1. The van der Waals surface area contributed by atoms with E-state index < -0.39 is 31.2 Å². The van der Waals surface area contributed by atoms with Gasteiger partial charge in [-0.2, -0.15) is 0 Å². The van der Waals surface area contributed by atoms with Gasteiger partial charge in [0, 0.05) is 16.8 Å². The van der Waals surface area contributed by atoms with Crippen molar-refractivity contribution in [2.45, 2.75) is 30.1 Å². The lowest BCUT2D eigenvalue weighted by atomic mass is 10.1. The number of halogens is 1. The van der Waals surface area contributed by atoms with Crippen molar-refractivity contribution in [2.24, 2.45) is 0 Å². The van der Waals surface area contributed by atoms with E-state index in [2.05, 4.69) is 14.9 Å². The van der Waals surface area contributed by atoms with Gasteiger partial charge >= 0.3 is 0 Å². The number of methoxy groups -OCH3 is 2. The van der Waals surface area contributed by atoms with Crippen LogP contribution in [-0.4, -0.2) is 62.4 Å². The maximum absolute atomic E-state index is 13.6. The van der Waals surface area contributed by atoms with E-state index in [4.69, 9.17) is 25.5 Å². The van der Waals surface area contributed by atoms with Gasteiger partial charge in [0.15, 0.2) is 15.6 Å². The first-order valence-electron chi connectivity index (χ1n) is 11.7. The molecule has 0 spiro atoms. The molecule has 0 saturated heterocycles. The maximum Gasteiger partial charge on any atom is 0.243 e. The molecule has 0 amide bonds. The number of nitrogens with one attached hydrogen (secondary N) is 1. The molecule has 2 aromatic heterocycles. The molecule has 0 aliphatic rings. The van der Waals surface area contributed by atoms with Crippen molar-refractivity contribution >= 4 is 37.4 Å². The first kappa shape index (κ1) is 29.4. The zero-order valence-corrected chi connectivity index (χ0v) is 24.5. The number of furan rings is 1. The number of para-hydroxylation sites is 1. The Kier molecular flexibility index (Phi) is 8.17. The average molecular weight is 611 g/mol. The molecule has 15 heteroatoms. The second kappa shape index (κ2) is 11.1. The molecule has 0 aliphatic carbocycles. The number of ether oxygens (including phenoxy) is 2. The summed E-state index contributed by atoms with van der Waals surface area (Å²) >= 11 is 5.96. The molecule has 2 N–H and O–H groups in total. The highest BCUT2D eigenvalue weighted by atomic mass is 35.5. The number of aliphatic hydroxyl groups excluding tert-OH is 1. The molecule has 0 saturated carbocycles. The van der Waals surface area contributed by atoms with Gasteiger partial charge in [-0.15, -0.1) is 10.2 Å². The first-order chi connectivity index (χ1) is 18.8. The molecule has 0 bridgehead atoms. The Labute approximate surface area is 236 Å². The van der Waals surface area contributed by atoms with Crippen LogP contribution in [0.5, 0.6) is 11.5 Å². The fourth-order valence-electron chi connectivity index (χ4n) is 4.04. The lowest BCUT2D eigenvalue weighted by Gasteiger charge is -2.23. The fourth-order valence-corrected chi connectivity index (χ4v) is 6.30. The third-order valence-electron chi connectivity index (χ3n) is 6.11. The van der Waals surface area contributed by atoms with Crippen molar-refractivity contribution in [3.8, 4) is 28.8 Å². The van der Waals surface area contributed by atoms with Gasteiger partial charge < -0.3 is 19.0 Å². The average Bonchev–Trinajstić information content (AvgIpc) is 3.51. The van der Waals surface area contributed by atoms with Gasteiger partial charge in [-0.05, 0) is 50.2 Å². The Morgan fingerprint density at radius 3 is 2.23 bits per heavy atom. The fraction of sp³-hybridized carbons (Fsp3) is 0.280. The second-order valence-corrected chi connectivity index (χ2v) is 13.3. The van der Waals surface area contributed by atoms with Crippen LogP contribution in [0.15, 0.2) is 57.8 Å². The minimum atomic E-state index is -4.43. The van der Waals surface area contributed by atoms with E-state index in [0.717, 1.165) is 12.3 Å². The molecular formula is C25H27ClN4O8S2. The Hall–Kier alpha value is -3.59. The van der Waals surface area contributed by atoms with E-state index in [0.29, 0.717) is 17.3 Å². The summed E-state index contributed by atoms with van der Waals surface area (Å²) < 4.78 is 72.3. The number of hydrogen-bond acceptors (Lipinski definition) is 10. The van der Waals surface area contributed by atoms with Gasteiger partial charge in [0.05, 0.1) is 25.2 Å². The van der Waals surface area contributed by atoms with E-state index in [1.54, 1.807) is 37.3 Å². The summed E-state index contributed by atoms with van der Waals surface area (Å²) in [4.78, 5) is -0.285. The second-order valence-electron chi connectivity index (χ2n) is 8.86. The Morgan fingerprint density at radius 1 is 1.02 bits per heavy atom. The smallest absolute Gasteiger partial charge is 0.243 e. The van der Waals surface area contributed by atoms with Crippen molar-refractivity contribution in [1.82, 2.24) is 14.8 Å². The monoisotopic (exact) mass is 610 g/mol. The quantitative estimate of drug-likeness (QED) is 0.270. The number of rotatable bonds is 10. The summed E-state index contributed by atoms with van der Waals surface area (Å²) in [5, 5.41) is 17.8. The molecule has 0 aliphatic heterocycles. The highest BCUT2D eigenvalue weighted by molar-refractivity contribution is 7.93. The molecule has 2 atom stereocenters. The van der Waals surface area contributed by atoms with E-state index in [-0.39, 0.29) is 38.7 Å². The van der Waals surface area contributed by atoms with Crippen molar-refractivity contribution in [2.75, 3.05) is 25.2 Å². The minimum absolute atomic E-state index is 0.115. The topological polar surface area (TPSA) is 163 Å². The molecular weight excluding hydrogens is 584 g/mol. The molecule has 40 heavy (non-hydrogen) atoms. The van der Waals surface area contributed by atoms with Gasteiger partial charge in [-0.1, -0.05) is 23.7 Å². The Balaban J connectivity index is 1.83. The van der Waals surface area contributed by atoms with Gasteiger partial charge in [-0.25, -0.2) is 16.8 Å². The van der Waals surface area contributed by atoms with Crippen LogP contribution >= 0.6 is 11.6 Å². The molecule has 12 nitrogen and oxygen atoms in total. The standard InChI is InChI=1S/C25H27ClN4O8S2/c1-14-9-12-20(38-14)24-27-28-25(30(24)22-18(36-3)7-6-8-19(22)37-4)29-40(34,35)15(2)23(31)17-11-10-16(26)13-21(17)39(5,32)33/h6-13,15,23,31H,1-5H3,(H,28,29)/t15-,23-/m1/s1. The van der Waals surface area contributed by atoms with Gasteiger partial charge in [-0.3, -0.25) is 9.29 Å². The lowest BCUT2D eigenvalue weighted by Crippen LogP contribution is -2.32. The summed E-state index contributed by atoms with van der Waals surface area (Å²) in [5.74, 6) is 1.38. The van der Waals surface area contributed by atoms with Gasteiger partial charge in [0.1, 0.15) is 28.2 Å². The largest absolute Gasteiger partial charge is 0.494 e. The summed E-state index contributed by atoms with van der Waals surface area (Å²) in [7, 11) is -5.40. The molecule has 2 aromatic carbocycles.